The molecule has 180 valence electrons. The number of carbonyl (C=O) groups is 1. The summed E-state index contributed by atoms with van der Waals surface area (Å²) in [6.45, 7) is 5.24. The lowest BCUT2D eigenvalue weighted by molar-refractivity contribution is -0.137. The van der Waals surface area contributed by atoms with Crippen LogP contribution in [-0.2, 0) is 20.8 Å². The fourth-order valence-electron chi connectivity index (χ4n) is 3.68. The lowest BCUT2D eigenvalue weighted by Gasteiger charge is -2.35. The Morgan fingerprint density at radius 2 is 1.67 bits per heavy atom. The molecule has 1 N–H and O–H groups in total. The quantitative estimate of drug-likeness (QED) is 0.649. The van der Waals surface area contributed by atoms with E-state index in [2.05, 4.69) is 5.32 Å². The van der Waals surface area contributed by atoms with Gasteiger partial charge in [-0.3, -0.25) is 9.69 Å². The van der Waals surface area contributed by atoms with Gasteiger partial charge in [0.2, 0.25) is 0 Å². The van der Waals surface area contributed by atoms with E-state index in [4.69, 9.17) is 4.74 Å². The fourth-order valence-corrected chi connectivity index (χ4v) is 4.93. The van der Waals surface area contributed by atoms with Crippen LogP contribution in [0.15, 0.2) is 53.4 Å². The molecule has 33 heavy (non-hydrogen) atoms. The molecule has 1 heterocycles. The molecule has 0 spiro atoms. The number of halogens is 3. The van der Waals surface area contributed by atoms with Gasteiger partial charge in [-0.15, -0.1) is 0 Å². The Kier molecular flexibility index (Phi) is 7.81. The van der Waals surface area contributed by atoms with Crippen LogP contribution < -0.4 is 5.32 Å². The maximum absolute atomic E-state index is 13.0. The number of carbonyl (C=O) groups excluding carboxylic acids is 1. The van der Waals surface area contributed by atoms with E-state index in [1.165, 1.54) is 24.3 Å². The van der Waals surface area contributed by atoms with E-state index in [9.17, 15) is 26.4 Å². The van der Waals surface area contributed by atoms with E-state index in [1.807, 2.05) is 4.90 Å². The van der Waals surface area contributed by atoms with Gasteiger partial charge in [0.15, 0.2) is 9.84 Å². The number of hydrogen-bond donors (Lipinski definition) is 1. The van der Waals surface area contributed by atoms with Crippen LogP contribution in [0.25, 0.3) is 0 Å². The van der Waals surface area contributed by atoms with Crippen LogP contribution in [-0.4, -0.2) is 57.3 Å². The molecule has 10 heteroatoms. The Bertz CT molecular complexity index is 1060. The fraction of sp³-hybridized carbons (Fsp3) is 0.435. The van der Waals surface area contributed by atoms with E-state index in [0.717, 1.165) is 12.1 Å². The molecule has 0 radical (unpaired) electrons. The van der Waals surface area contributed by atoms with Gasteiger partial charge in [-0.1, -0.05) is 24.3 Å². The number of hydrogen-bond acceptors (Lipinski definition) is 5. The van der Waals surface area contributed by atoms with Crippen LogP contribution in [0.2, 0.25) is 0 Å². The highest BCUT2D eigenvalue weighted by Gasteiger charge is 2.31. The molecule has 0 aromatic heterocycles. The molecule has 1 aliphatic heterocycles. The van der Waals surface area contributed by atoms with Crippen molar-refractivity contribution in [2.24, 2.45) is 0 Å². The molecule has 2 aromatic carbocycles. The van der Waals surface area contributed by atoms with Crippen LogP contribution in [0.5, 0.6) is 0 Å². The summed E-state index contributed by atoms with van der Waals surface area (Å²) in [6, 6.07) is 10.5. The van der Waals surface area contributed by atoms with Crippen molar-refractivity contribution in [3.63, 3.8) is 0 Å². The minimum atomic E-state index is -4.44. The Morgan fingerprint density at radius 1 is 1.06 bits per heavy atom. The zero-order valence-corrected chi connectivity index (χ0v) is 19.2. The van der Waals surface area contributed by atoms with Crippen LogP contribution in [0, 0.1) is 0 Å². The monoisotopic (exact) mass is 484 g/mol. The summed E-state index contributed by atoms with van der Waals surface area (Å²) in [7, 11) is -3.68. The Labute approximate surface area is 191 Å². The van der Waals surface area contributed by atoms with Crippen LogP contribution in [0.4, 0.5) is 13.2 Å². The SMILES string of the molecule is CC(C)S(=O)(=O)c1ccccc1C(=O)NCC(c1ccc(C(F)(F)F)cc1)N1CCOCC1. The lowest BCUT2D eigenvalue weighted by Crippen LogP contribution is -2.44. The van der Waals surface area contributed by atoms with Crippen molar-refractivity contribution in [1.29, 1.82) is 0 Å². The number of amides is 1. The average Bonchev–Trinajstić information content (AvgIpc) is 2.79. The second-order valence-corrected chi connectivity index (χ2v) is 10.6. The summed E-state index contributed by atoms with van der Waals surface area (Å²) in [5.41, 5.74) is -0.0866. The molecule has 0 saturated carbocycles. The second-order valence-electron chi connectivity index (χ2n) is 8.08. The van der Waals surface area contributed by atoms with Crippen molar-refractivity contribution in [3.8, 4) is 0 Å². The van der Waals surface area contributed by atoms with Gasteiger partial charge in [-0.25, -0.2) is 8.42 Å². The maximum Gasteiger partial charge on any atom is 0.416 e. The topological polar surface area (TPSA) is 75.7 Å². The van der Waals surface area contributed by atoms with E-state index in [1.54, 1.807) is 26.0 Å². The van der Waals surface area contributed by atoms with Gasteiger partial charge >= 0.3 is 6.18 Å². The van der Waals surface area contributed by atoms with Gasteiger partial charge in [-0.2, -0.15) is 13.2 Å². The molecule has 2 aromatic rings. The van der Waals surface area contributed by atoms with Gasteiger partial charge < -0.3 is 10.1 Å². The molecule has 0 bridgehead atoms. The van der Waals surface area contributed by atoms with E-state index in [-0.39, 0.29) is 17.0 Å². The summed E-state index contributed by atoms with van der Waals surface area (Å²) in [6.07, 6.45) is -4.44. The third-order valence-corrected chi connectivity index (χ3v) is 7.83. The standard InChI is InChI=1S/C23H27F3N2O4S/c1-16(2)33(30,31)21-6-4-3-5-19(21)22(29)27-15-20(28-11-13-32-14-12-28)17-7-9-18(10-8-17)23(24,25)26/h3-10,16,20H,11-15H2,1-2H3,(H,27,29). The van der Waals surface area contributed by atoms with E-state index in [0.29, 0.717) is 31.9 Å². The number of nitrogens with one attached hydrogen (secondary N) is 1. The smallest absolute Gasteiger partial charge is 0.379 e. The normalized spacial score (nSPS) is 16.5. The number of ether oxygens (including phenoxy) is 1. The largest absolute Gasteiger partial charge is 0.416 e. The molecule has 1 fully saturated rings. The molecular weight excluding hydrogens is 457 g/mol. The Morgan fingerprint density at radius 3 is 2.24 bits per heavy atom. The highest BCUT2D eigenvalue weighted by Crippen LogP contribution is 2.31. The van der Waals surface area contributed by atoms with Crippen molar-refractivity contribution in [2.75, 3.05) is 32.8 Å². The molecule has 1 unspecified atom stereocenters. The number of benzene rings is 2. The zero-order chi connectivity index (χ0) is 24.2. The molecule has 3 rings (SSSR count). The van der Waals surface area contributed by atoms with Gasteiger partial charge in [0.1, 0.15) is 0 Å². The molecular formula is C23H27F3N2O4S. The summed E-state index contributed by atoms with van der Waals surface area (Å²) < 4.78 is 69.7. The average molecular weight is 485 g/mol. The van der Waals surface area contributed by atoms with Crippen LogP contribution in [0.1, 0.15) is 41.4 Å². The summed E-state index contributed by atoms with van der Waals surface area (Å²) in [5, 5.41) is 2.09. The maximum atomic E-state index is 13.0. The molecule has 1 saturated heterocycles. The third-order valence-electron chi connectivity index (χ3n) is 5.62. The minimum Gasteiger partial charge on any atom is -0.379 e. The summed E-state index contributed by atoms with van der Waals surface area (Å²) >= 11 is 0. The van der Waals surface area contributed by atoms with Gasteiger partial charge in [0.05, 0.1) is 40.5 Å². The molecule has 0 aliphatic carbocycles. The molecule has 1 atom stereocenters. The van der Waals surface area contributed by atoms with Crippen molar-refractivity contribution in [3.05, 3.63) is 65.2 Å². The first kappa shape index (κ1) is 25.2. The Balaban J connectivity index is 1.84. The predicted molar refractivity (Wildman–Crippen MR) is 118 cm³/mol. The lowest BCUT2D eigenvalue weighted by atomic mass is 10.0. The number of morpholine rings is 1. The van der Waals surface area contributed by atoms with Gasteiger partial charge in [-0.05, 0) is 43.7 Å². The third kappa shape index (κ3) is 5.93. The van der Waals surface area contributed by atoms with Gasteiger partial charge in [0.25, 0.3) is 5.91 Å². The second kappa shape index (κ2) is 10.2. The van der Waals surface area contributed by atoms with Crippen molar-refractivity contribution in [2.45, 2.75) is 36.2 Å². The van der Waals surface area contributed by atoms with Crippen molar-refractivity contribution in [1.82, 2.24) is 10.2 Å². The highest BCUT2D eigenvalue weighted by atomic mass is 32.2. The van der Waals surface area contributed by atoms with Crippen LogP contribution >= 0.6 is 0 Å². The molecule has 6 nitrogen and oxygen atoms in total. The first-order valence-electron chi connectivity index (χ1n) is 10.6. The number of nitrogens with zero attached hydrogens (tertiary/aromatic N) is 1. The summed E-state index contributed by atoms with van der Waals surface area (Å²) in [5.74, 6) is -0.556. The number of sulfone groups is 1. The highest BCUT2D eigenvalue weighted by molar-refractivity contribution is 7.92. The van der Waals surface area contributed by atoms with E-state index < -0.39 is 38.8 Å². The molecule has 1 aliphatic rings. The zero-order valence-electron chi connectivity index (χ0n) is 18.4. The molecule has 1 amide bonds. The summed E-state index contributed by atoms with van der Waals surface area (Å²) in [4.78, 5) is 15.0. The van der Waals surface area contributed by atoms with Crippen molar-refractivity contribution < 1.29 is 31.1 Å². The first-order chi connectivity index (χ1) is 15.5. The van der Waals surface area contributed by atoms with Gasteiger partial charge in [0, 0.05) is 19.6 Å². The van der Waals surface area contributed by atoms with Crippen molar-refractivity contribution >= 4 is 15.7 Å². The van der Waals surface area contributed by atoms with Crippen LogP contribution in [0.3, 0.4) is 0 Å². The first-order valence-corrected chi connectivity index (χ1v) is 12.2. The number of rotatable bonds is 7. The minimum absolute atomic E-state index is 0.0411. The van der Waals surface area contributed by atoms with E-state index >= 15 is 0 Å². The Hall–Kier alpha value is -2.43. The number of alkyl halides is 3. The predicted octanol–water partition coefficient (Wildman–Crippen LogP) is 3.69.